The molecule has 238 valence electrons. The molecule has 0 fully saturated rings. The van der Waals surface area contributed by atoms with Gasteiger partial charge in [-0.3, -0.25) is 4.40 Å². The molecule has 0 unspecified atom stereocenters. The van der Waals surface area contributed by atoms with Crippen molar-refractivity contribution in [1.29, 1.82) is 0 Å². The van der Waals surface area contributed by atoms with Gasteiger partial charge in [0.1, 0.15) is 5.65 Å². The SMILES string of the molecule is CC1(C)c2ccccc2-c2c3c1cccc3cc1c3ccccc3n(-c3ccc4c(c3)c3c5ccccc5ccc3c3nc5ccccc5n43)c21. The van der Waals surface area contributed by atoms with E-state index < -0.39 is 0 Å². The Kier molecular flexibility index (Phi) is 5.05. The summed E-state index contributed by atoms with van der Waals surface area (Å²) in [6.07, 6.45) is 0. The third-order valence-corrected chi connectivity index (χ3v) is 11.8. The Morgan fingerprint density at radius 1 is 0.490 bits per heavy atom. The molecular formula is C48H31N3. The van der Waals surface area contributed by atoms with Gasteiger partial charge in [0, 0.05) is 43.6 Å². The quantitative estimate of drug-likeness (QED) is 0.162. The van der Waals surface area contributed by atoms with Crippen molar-refractivity contribution in [1.82, 2.24) is 14.0 Å². The Hall–Kier alpha value is -6.45. The van der Waals surface area contributed by atoms with Crippen molar-refractivity contribution in [3.8, 4) is 16.8 Å². The van der Waals surface area contributed by atoms with Crippen molar-refractivity contribution in [3.63, 3.8) is 0 Å². The number of imidazole rings is 1. The topological polar surface area (TPSA) is 22.2 Å². The average molecular weight is 650 g/mol. The highest BCUT2D eigenvalue weighted by molar-refractivity contribution is 6.26. The fourth-order valence-corrected chi connectivity index (χ4v) is 9.60. The van der Waals surface area contributed by atoms with Gasteiger partial charge in [-0.05, 0) is 86.8 Å². The number of aromatic nitrogens is 3. The number of hydrogen-bond donors (Lipinski definition) is 0. The third-order valence-electron chi connectivity index (χ3n) is 11.8. The van der Waals surface area contributed by atoms with E-state index in [1.54, 1.807) is 0 Å². The fraction of sp³-hybridized carbons (Fsp3) is 0.0625. The molecule has 0 amide bonds. The minimum atomic E-state index is -0.116. The van der Waals surface area contributed by atoms with Gasteiger partial charge in [-0.15, -0.1) is 0 Å². The average Bonchev–Trinajstić information content (AvgIpc) is 3.72. The minimum Gasteiger partial charge on any atom is -0.309 e. The molecule has 3 heteroatoms. The van der Waals surface area contributed by atoms with Gasteiger partial charge in [-0.2, -0.15) is 0 Å². The zero-order chi connectivity index (χ0) is 33.6. The van der Waals surface area contributed by atoms with E-state index in [4.69, 9.17) is 4.98 Å². The standard InChI is InChI=1S/C48H31N3/c1-48(2)37-17-7-5-16-33(37)45-43-29(13-11-18-38(43)48)26-35-32-15-6-9-20-40(32)50(46(35)45)30-23-25-41-36(27-30)44-31-14-4-3-12-28(31)22-24-34(44)47-49-39-19-8-10-21-42(39)51(41)47/h3-27H,1-2H3. The van der Waals surface area contributed by atoms with Gasteiger partial charge >= 0.3 is 0 Å². The lowest BCUT2D eigenvalue weighted by Gasteiger charge is -2.35. The molecule has 1 aliphatic rings. The lowest BCUT2D eigenvalue weighted by atomic mass is 9.68. The largest absolute Gasteiger partial charge is 0.309 e. The smallest absolute Gasteiger partial charge is 0.146 e. The third kappa shape index (κ3) is 3.36. The van der Waals surface area contributed by atoms with Crippen LogP contribution in [0.25, 0.3) is 98.5 Å². The summed E-state index contributed by atoms with van der Waals surface area (Å²) >= 11 is 0. The molecule has 3 aromatic heterocycles. The first-order chi connectivity index (χ1) is 25.1. The maximum absolute atomic E-state index is 5.21. The molecule has 0 spiro atoms. The lowest BCUT2D eigenvalue weighted by Crippen LogP contribution is -2.23. The first-order valence-corrected chi connectivity index (χ1v) is 17.8. The van der Waals surface area contributed by atoms with E-state index in [1.807, 2.05) is 0 Å². The molecule has 8 aromatic carbocycles. The monoisotopic (exact) mass is 649 g/mol. The summed E-state index contributed by atoms with van der Waals surface area (Å²) in [4.78, 5) is 5.21. The molecule has 0 saturated carbocycles. The molecule has 0 saturated heterocycles. The molecule has 51 heavy (non-hydrogen) atoms. The van der Waals surface area contributed by atoms with E-state index in [0.717, 1.165) is 27.9 Å². The van der Waals surface area contributed by atoms with Crippen molar-refractivity contribution < 1.29 is 0 Å². The maximum atomic E-state index is 5.21. The lowest BCUT2D eigenvalue weighted by molar-refractivity contribution is 0.645. The minimum absolute atomic E-state index is 0.116. The van der Waals surface area contributed by atoms with Gasteiger partial charge in [0.15, 0.2) is 0 Å². The summed E-state index contributed by atoms with van der Waals surface area (Å²) in [6, 6.07) is 56.2. The Morgan fingerprint density at radius 2 is 1.24 bits per heavy atom. The van der Waals surface area contributed by atoms with Crippen LogP contribution in [0.15, 0.2) is 152 Å². The zero-order valence-corrected chi connectivity index (χ0v) is 28.3. The van der Waals surface area contributed by atoms with Crippen LogP contribution >= 0.6 is 0 Å². The van der Waals surface area contributed by atoms with Gasteiger partial charge < -0.3 is 4.57 Å². The second-order valence-corrected chi connectivity index (χ2v) is 14.7. The van der Waals surface area contributed by atoms with Crippen molar-refractivity contribution in [2.24, 2.45) is 0 Å². The molecule has 0 radical (unpaired) electrons. The fourth-order valence-electron chi connectivity index (χ4n) is 9.60. The van der Waals surface area contributed by atoms with Crippen molar-refractivity contribution in [2.45, 2.75) is 19.3 Å². The van der Waals surface area contributed by atoms with Crippen LogP contribution in [-0.2, 0) is 5.41 Å². The molecular weight excluding hydrogens is 619 g/mol. The maximum Gasteiger partial charge on any atom is 0.146 e. The highest BCUT2D eigenvalue weighted by Gasteiger charge is 2.35. The van der Waals surface area contributed by atoms with Crippen LogP contribution in [0.4, 0.5) is 0 Å². The van der Waals surface area contributed by atoms with Crippen molar-refractivity contribution in [3.05, 3.63) is 163 Å². The van der Waals surface area contributed by atoms with E-state index >= 15 is 0 Å². The highest BCUT2D eigenvalue weighted by atomic mass is 15.0. The Labute approximate surface area is 293 Å². The number of benzene rings is 8. The van der Waals surface area contributed by atoms with Crippen LogP contribution in [0.2, 0.25) is 0 Å². The molecule has 0 atom stereocenters. The van der Waals surface area contributed by atoms with Crippen LogP contribution in [0.1, 0.15) is 25.0 Å². The van der Waals surface area contributed by atoms with Crippen LogP contribution < -0.4 is 0 Å². The van der Waals surface area contributed by atoms with E-state index in [1.165, 1.54) is 81.8 Å². The predicted octanol–water partition coefficient (Wildman–Crippen LogP) is 12.5. The van der Waals surface area contributed by atoms with Crippen LogP contribution in [0.5, 0.6) is 0 Å². The second kappa shape index (κ2) is 9.41. The first-order valence-electron chi connectivity index (χ1n) is 17.8. The summed E-state index contributed by atoms with van der Waals surface area (Å²) in [7, 11) is 0. The Bertz CT molecular complexity index is 3340. The van der Waals surface area contributed by atoms with Crippen LogP contribution in [0.3, 0.4) is 0 Å². The molecule has 12 rings (SSSR count). The Morgan fingerprint density at radius 3 is 2.16 bits per heavy atom. The van der Waals surface area contributed by atoms with Crippen LogP contribution in [0, 0.1) is 0 Å². The molecule has 0 bridgehead atoms. The molecule has 11 aromatic rings. The summed E-state index contributed by atoms with van der Waals surface area (Å²) in [5, 5.41) is 11.3. The van der Waals surface area contributed by atoms with E-state index in [9.17, 15) is 0 Å². The van der Waals surface area contributed by atoms with Crippen molar-refractivity contribution >= 4 is 81.7 Å². The predicted molar refractivity (Wildman–Crippen MR) is 215 cm³/mol. The van der Waals surface area contributed by atoms with E-state index in [0.29, 0.717) is 0 Å². The molecule has 3 nitrogen and oxygen atoms in total. The first kappa shape index (κ1) is 27.4. The van der Waals surface area contributed by atoms with Gasteiger partial charge in [0.05, 0.1) is 27.6 Å². The molecule has 0 aliphatic heterocycles. The molecule has 0 N–H and O–H groups in total. The van der Waals surface area contributed by atoms with Gasteiger partial charge in [-0.1, -0.05) is 117 Å². The van der Waals surface area contributed by atoms with Gasteiger partial charge in [0.25, 0.3) is 0 Å². The number of para-hydroxylation sites is 3. The number of nitrogens with zero attached hydrogens (tertiary/aromatic N) is 3. The van der Waals surface area contributed by atoms with E-state index in [2.05, 4.69) is 174 Å². The van der Waals surface area contributed by atoms with Gasteiger partial charge in [0.2, 0.25) is 0 Å². The number of fused-ring (bicyclic) bond motifs is 16. The van der Waals surface area contributed by atoms with E-state index in [-0.39, 0.29) is 5.41 Å². The van der Waals surface area contributed by atoms with Crippen LogP contribution in [-0.4, -0.2) is 14.0 Å². The number of pyridine rings is 1. The molecule has 3 heterocycles. The highest BCUT2D eigenvalue weighted by Crippen LogP contribution is 2.53. The summed E-state index contributed by atoms with van der Waals surface area (Å²) < 4.78 is 4.90. The summed E-state index contributed by atoms with van der Waals surface area (Å²) in [5.41, 5.74) is 13.2. The molecule has 1 aliphatic carbocycles. The second-order valence-electron chi connectivity index (χ2n) is 14.7. The normalized spacial score (nSPS) is 13.8. The van der Waals surface area contributed by atoms with Crippen molar-refractivity contribution in [2.75, 3.05) is 0 Å². The summed E-state index contributed by atoms with van der Waals surface area (Å²) in [5.74, 6) is 0. The number of rotatable bonds is 1. The summed E-state index contributed by atoms with van der Waals surface area (Å²) in [6.45, 7) is 4.76. The zero-order valence-electron chi connectivity index (χ0n) is 28.3. The Balaban J connectivity index is 1.31. The van der Waals surface area contributed by atoms with Gasteiger partial charge in [-0.25, -0.2) is 4.98 Å². The number of hydrogen-bond acceptors (Lipinski definition) is 1.